The maximum absolute atomic E-state index is 5.81. The van der Waals surface area contributed by atoms with Crippen molar-refractivity contribution >= 4 is 11.6 Å². The van der Waals surface area contributed by atoms with Crippen molar-refractivity contribution in [2.24, 2.45) is 0 Å². The quantitative estimate of drug-likeness (QED) is 0.650. The highest BCUT2D eigenvalue weighted by Crippen LogP contribution is 2.29. The Balaban J connectivity index is 2.45. The number of benzene rings is 2. The largest absolute Gasteiger partial charge is 0.122 e. The molecule has 0 amide bonds. The Morgan fingerprint density at radius 2 is 1.59 bits per heavy atom. The van der Waals surface area contributed by atoms with Crippen molar-refractivity contribution < 1.29 is 0 Å². The summed E-state index contributed by atoms with van der Waals surface area (Å²) in [6.45, 7) is 4.46. The van der Waals surface area contributed by atoms with Crippen LogP contribution in [0.3, 0.4) is 0 Å². The first-order valence-corrected chi connectivity index (χ1v) is 6.50. The number of rotatable bonds is 3. The molecule has 1 heteroatoms. The molecule has 0 fully saturated rings. The average molecular weight is 245 g/mol. The van der Waals surface area contributed by atoms with E-state index >= 15 is 0 Å². The normalized spacial score (nSPS) is 10.8. The van der Waals surface area contributed by atoms with E-state index in [2.05, 4.69) is 62.4 Å². The molecule has 0 aliphatic rings. The van der Waals surface area contributed by atoms with Gasteiger partial charge in [-0.25, -0.2) is 0 Å². The highest BCUT2D eigenvalue weighted by atomic mass is 35.5. The molecule has 2 aromatic rings. The Hall–Kier alpha value is -1.27. The van der Waals surface area contributed by atoms with Crippen LogP contribution in [0.4, 0.5) is 0 Å². The van der Waals surface area contributed by atoms with Gasteiger partial charge in [0.25, 0.3) is 0 Å². The second-order valence-corrected chi connectivity index (χ2v) is 4.84. The van der Waals surface area contributed by atoms with Crippen molar-refractivity contribution in [2.45, 2.75) is 25.6 Å². The van der Waals surface area contributed by atoms with Crippen molar-refractivity contribution in [3.8, 4) is 11.1 Å². The Morgan fingerprint density at radius 1 is 0.941 bits per heavy atom. The molecule has 2 aromatic carbocycles. The molecule has 88 valence electrons. The van der Waals surface area contributed by atoms with E-state index in [1.807, 2.05) is 0 Å². The lowest BCUT2D eigenvalue weighted by Gasteiger charge is -2.12. The van der Waals surface area contributed by atoms with Crippen molar-refractivity contribution in [1.82, 2.24) is 0 Å². The van der Waals surface area contributed by atoms with Gasteiger partial charge in [-0.15, -0.1) is 11.6 Å². The van der Waals surface area contributed by atoms with Crippen LogP contribution < -0.4 is 0 Å². The highest BCUT2D eigenvalue weighted by molar-refractivity contribution is 6.17. The maximum atomic E-state index is 5.81. The minimum absolute atomic E-state index is 0.541. The Kier molecular flexibility index (Phi) is 3.86. The van der Waals surface area contributed by atoms with E-state index in [0.29, 0.717) is 11.8 Å². The third-order valence-corrected chi connectivity index (χ3v) is 3.31. The summed E-state index contributed by atoms with van der Waals surface area (Å²) >= 11 is 5.81. The summed E-state index contributed by atoms with van der Waals surface area (Å²) in [6.07, 6.45) is 0. The van der Waals surface area contributed by atoms with Crippen LogP contribution in [-0.4, -0.2) is 0 Å². The van der Waals surface area contributed by atoms with Crippen molar-refractivity contribution in [1.29, 1.82) is 0 Å². The van der Waals surface area contributed by atoms with E-state index < -0.39 is 0 Å². The summed E-state index contributed by atoms with van der Waals surface area (Å²) in [5.74, 6) is 1.12. The highest BCUT2D eigenvalue weighted by Gasteiger charge is 2.07. The lowest BCUT2D eigenvalue weighted by molar-refractivity contribution is 0.869. The monoisotopic (exact) mass is 244 g/mol. The van der Waals surface area contributed by atoms with E-state index in [0.717, 1.165) is 5.56 Å². The van der Waals surface area contributed by atoms with Gasteiger partial charge in [0, 0.05) is 5.88 Å². The lowest BCUT2D eigenvalue weighted by Crippen LogP contribution is -1.92. The second-order valence-electron chi connectivity index (χ2n) is 4.57. The molecule has 0 radical (unpaired) electrons. The zero-order valence-corrected chi connectivity index (χ0v) is 11.0. The van der Waals surface area contributed by atoms with E-state index in [-0.39, 0.29) is 0 Å². The van der Waals surface area contributed by atoms with Crippen LogP contribution in [0.1, 0.15) is 30.9 Å². The Labute approximate surface area is 108 Å². The van der Waals surface area contributed by atoms with Crippen LogP contribution in [0.5, 0.6) is 0 Å². The Bertz CT molecular complexity index is 483. The molecule has 0 heterocycles. The molecule has 0 aliphatic heterocycles. The number of alkyl halides is 1. The molecule has 0 aromatic heterocycles. The van der Waals surface area contributed by atoms with Gasteiger partial charge in [0.2, 0.25) is 0 Å². The fourth-order valence-electron chi connectivity index (χ4n) is 2.04. The number of hydrogen-bond donors (Lipinski definition) is 0. The molecule has 0 N–H and O–H groups in total. The van der Waals surface area contributed by atoms with Crippen LogP contribution >= 0.6 is 11.6 Å². The molecular weight excluding hydrogens is 228 g/mol. The van der Waals surface area contributed by atoms with Gasteiger partial charge in [-0.05, 0) is 28.2 Å². The van der Waals surface area contributed by atoms with E-state index in [9.17, 15) is 0 Å². The number of halogens is 1. The third-order valence-electron chi connectivity index (χ3n) is 3.00. The van der Waals surface area contributed by atoms with E-state index in [4.69, 9.17) is 11.6 Å². The summed E-state index contributed by atoms with van der Waals surface area (Å²) in [6, 6.07) is 17.1. The lowest BCUT2D eigenvalue weighted by atomic mass is 9.92. The van der Waals surface area contributed by atoms with Crippen LogP contribution in [0.25, 0.3) is 11.1 Å². The van der Waals surface area contributed by atoms with Crippen LogP contribution in [-0.2, 0) is 5.88 Å². The van der Waals surface area contributed by atoms with Crippen molar-refractivity contribution in [2.75, 3.05) is 0 Å². The zero-order valence-electron chi connectivity index (χ0n) is 10.3. The summed E-state index contributed by atoms with van der Waals surface area (Å²) < 4.78 is 0. The molecule has 0 atom stereocenters. The van der Waals surface area contributed by atoms with Gasteiger partial charge in [0.1, 0.15) is 0 Å². The molecule has 0 aliphatic carbocycles. The molecule has 17 heavy (non-hydrogen) atoms. The minimum Gasteiger partial charge on any atom is -0.122 e. The first-order valence-electron chi connectivity index (χ1n) is 5.96. The maximum Gasteiger partial charge on any atom is 0.0474 e. The molecule has 0 saturated heterocycles. The van der Waals surface area contributed by atoms with Gasteiger partial charge >= 0.3 is 0 Å². The van der Waals surface area contributed by atoms with Crippen molar-refractivity contribution in [3.05, 3.63) is 59.7 Å². The third kappa shape index (κ3) is 2.70. The smallest absolute Gasteiger partial charge is 0.0474 e. The predicted octanol–water partition coefficient (Wildman–Crippen LogP) is 5.22. The van der Waals surface area contributed by atoms with Crippen molar-refractivity contribution in [3.63, 3.8) is 0 Å². The summed E-state index contributed by atoms with van der Waals surface area (Å²) in [4.78, 5) is 0. The SMILES string of the molecule is CC(C)c1ccccc1-c1ccc(CCl)cc1. The summed E-state index contributed by atoms with van der Waals surface area (Å²) in [7, 11) is 0. The summed E-state index contributed by atoms with van der Waals surface area (Å²) in [5.41, 5.74) is 5.15. The first kappa shape index (κ1) is 12.2. The van der Waals surface area contributed by atoms with Gasteiger partial charge in [-0.2, -0.15) is 0 Å². The fraction of sp³-hybridized carbons (Fsp3) is 0.250. The van der Waals surface area contributed by atoms with E-state index in [1.165, 1.54) is 16.7 Å². The topological polar surface area (TPSA) is 0 Å². The van der Waals surface area contributed by atoms with Crippen LogP contribution in [0.2, 0.25) is 0 Å². The fourth-order valence-corrected chi connectivity index (χ4v) is 2.21. The van der Waals surface area contributed by atoms with Crippen LogP contribution in [0.15, 0.2) is 48.5 Å². The summed E-state index contributed by atoms with van der Waals surface area (Å²) in [5, 5.41) is 0. The molecule has 0 spiro atoms. The zero-order chi connectivity index (χ0) is 12.3. The molecule has 2 rings (SSSR count). The predicted molar refractivity (Wildman–Crippen MR) is 75.5 cm³/mol. The Morgan fingerprint density at radius 3 is 2.18 bits per heavy atom. The van der Waals surface area contributed by atoms with Crippen LogP contribution in [0, 0.1) is 0 Å². The molecule has 0 unspecified atom stereocenters. The number of hydrogen-bond acceptors (Lipinski definition) is 0. The van der Waals surface area contributed by atoms with Gasteiger partial charge in [0.05, 0.1) is 0 Å². The standard InChI is InChI=1S/C16H17Cl/c1-12(2)15-5-3-4-6-16(15)14-9-7-13(11-17)8-10-14/h3-10,12H,11H2,1-2H3. The van der Waals surface area contributed by atoms with Gasteiger partial charge in [-0.3, -0.25) is 0 Å². The first-order chi connectivity index (χ1) is 8.22. The molecule has 0 bridgehead atoms. The van der Waals surface area contributed by atoms with Gasteiger partial charge in [-0.1, -0.05) is 62.4 Å². The van der Waals surface area contributed by atoms with E-state index in [1.54, 1.807) is 0 Å². The average Bonchev–Trinajstić information content (AvgIpc) is 2.39. The minimum atomic E-state index is 0.541. The van der Waals surface area contributed by atoms with Gasteiger partial charge < -0.3 is 0 Å². The second kappa shape index (κ2) is 5.37. The van der Waals surface area contributed by atoms with Gasteiger partial charge in [0.15, 0.2) is 0 Å². The molecule has 0 saturated carbocycles. The molecule has 0 nitrogen and oxygen atoms in total. The molecular formula is C16H17Cl.